The molecule has 0 unspecified atom stereocenters. The quantitative estimate of drug-likeness (QED) is 0.798. The number of ketones is 1. The molecule has 0 radical (unpaired) electrons. The Morgan fingerprint density at radius 1 is 1.60 bits per heavy atom. The van der Waals surface area contributed by atoms with Gasteiger partial charge in [-0.05, 0) is 11.6 Å². The molecule has 0 aromatic carbocycles. The van der Waals surface area contributed by atoms with Crippen molar-refractivity contribution >= 4 is 17.1 Å². The van der Waals surface area contributed by atoms with Crippen LogP contribution in [-0.4, -0.2) is 10.8 Å². The molecule has 0 saturated heterocycles. The van der Waals surface area contributed by atoms with Crippen molar-refractivity contribution in [2.45, 2.75) is 13.0 Å². The van der Waals surface area contributed by atoms with Gasteiger partial charge in [0, 0.05) is 18.3 Å². The third kappa shape index (κ3) is 2.31. The van der Waals surface area contributed by atoms with Crippen LogP contribution in [0.15, 0.2) is 28.4 Å². The zero-order valence-electron chi connectivity index (χ0n) is 7.97. The van der Waals surface area contributed by atoms with Crippen LogP contribution in [-0.2, 0) is 13.0 Å². The summed E-state index contributed by atoms with van der Waals surface area (Å²) in [6, 6.07) is 1.77. The Balaban J connectivity index is 2.08. The molecule has 2 N–H and O–H groups in total. The summed E-state index contributed by atoms with van der Waals surface area (Å²) in [5.41, 5.74) is 6.77. The minimum absolute atomic E-state index is 0.00708. The zero-order chi connectivity index (χ0) is 10.7. The smallest absolute Gasteiger partial charge is 0.186 e. The van der Waals surface area contributed by atoms with E-state index in [4.69, 9.17) is 10.2 Å². The molecule has 0 spiro atoms. The maximum absolute atomic E-state index is 11.7. The molecule has 15 heavy (non-hydrogen) atoms. The van der Waals surface area contributed by atoms with Gasteiger partial charge in [-0.25, -0.2) is 4.98 Å². The van der Waals surface area contributed by atoms with Crippen molar-refractivity contribution in [2.75, 3.05) is 0 Å². The molecule has 0 aliphatic carbocycles. The number of aromatic nitrogens is 1. The van der Waals surface area contributed by atoms with E-state index in [0.29, 0.717) is 18.7 Å². The van der Waals surface area contributed by atoms with E-state index in [9.17, 15) is 4.79 Å². The molecule has 0 atom stereocenters. The second-order valence-corrected chi connectivity index (χ2v) is 4.00. The van der Waals surface area contributed by atoms with E-state index in [1.54, 1.807) is 24.0 Å². The van der Waals surface area contributed by atoms with Crippen LogP contribution in [0.4, 0.5) is 0 Å². The van der Waals surface area contributed by atoms with Gasteiger partial charge in [0.25, 0.3) is 0 Å². The number of hydrogen-bond acceptors (Lipinski definition) is 5. The van der Waals surface area contributed by atoms with Gasteiger partial charge in [-0.1, -0.05) is 0 Å². The molecule has 0 aliphatic rings. The average molecular weight is 222 g/mol. The highest BCUT2D eigenvalue weighted by Crippen LogP contribution is 2.12. The molecular weight excluding hydrogens is 212 g/mol. The Kier molecular flexibility index (Phi) is 2.94. The van der Waals surface area contributed by atoms with Crippen molar-refractivity contribution in [2.24, 2.45) is 5.73 Å². The number of furan rings is 1. The van der Waals surface area contributed by atoms with Gasteiger partial charge in [0.1, 0.15) is 10.7 Å². The van der Waals surface area contributed by atoms with Crippen LogP contribution in [0, 0.1) is 0 Å². The number of carbonyl (C=O) groups is 1. The number of nitrogens with zero attached hydrogens (tertiary/aromatic N) is 1. The summed E-state index contributed by atoms with van der Waals surface area (Å²) >= 11 is 1.41. The summed E-state index contributed by atoms with van der Waals surface area (Å²) in [5.74, 6) is -0.00708. The first kappa shape index (κ1) is 10.1. The predicted molar refractivity (Wildman–Crippen MR) is 56.7 cm³/mol. The largest absolute Gasteiger partial charge is 0.472 e. The highest BCUT2D eigenvalue weighted by atomic mass is 32.1. The molecule has 2 aromatic rings. The van der Waals surface area contributed by atoms with Gasteiger partial charge in [-0.2, -0.15) is 0 Å². The van der Waals surface area contributed by atoms with Crippen LogP contribution in [0.1, 0.15) is 21.1 Å². The summed E-state index contributed by atoms with van der Waals surface area (Å²) in [6.07, 6.45) is 3.44. The molecular formula is C10H10N2O2S. The normalized spacial score (nSPS) is 10.5. The van der Waals surface area contributed by atoms with Gasteiger partial charge in [0.05, 0.1) is 12.5 Å². The fourth-order valence-corrected chi connectivity index (χ4v) is 1.88. The van der Waals surface area contributed by atoms with Crippen molar-refractivity contribution in [1.82, 2.24) is 4.98 Å². The summed E-state index contributed by atoms with van der Waals surface area (Å²) in [6.45, 7) is 0.379. The molecule has 0 bridgehead atoms. The lowest BCUT2D eigenvalue weighted by Gasteiger charge is -1.92. The van der Waals surface area contributed by atoms with Crippen molar-refractivity contribution < 1.29 is 9.21 Å². The molecule has 2 rings (SSSR count). The van der Waals surface area contributed by atoms with Crippen molar-refractivity contribution in [3.63, 3.8) is 0 Å². The monoisotopic (exact) mass is 222 g/mol. The van der Waals surface area contributed by atoms with Crippen molar-refractivity contribution in [1.29, 1.82) is 0 Å². The lowest BCUT2D eigenvalue weighted by Crippen LogP contribution is -2.04. The standard InChI is InChI=1S/C10H10N2O2S/c11-4-10-12-8(6-15-10)9(13)3-7-1-2-14-5-7/h1-2,5-6H,3-4,11H2. The zero-order valence-corrected chi connectivity index (χ0v) is 8.79. The Bertz CT molecular complexity index is 448. The highest BCUT2D eigenvalue weighted by molar-refractivity contribution is 7.09. The molecule has 0 saturated carbocycles. The van der Waals surface area contributed by atoms with Gasteiger partial charge in [-0.3, -0.25) is 4.79 Å². The Morgan fingerprint density at radius 2 is 2.47 bits per heavy atom. The second kappa shape index (κ2) is 4.37. The summed E-state index contributed by atoms with van der Waals surface area (Å²) in [4.78, 5) is 15.8. The number of carbonyl (C=O) groups excluding carboxylic acids is 1. The molecule has 0 fully saturated rings. The van der Waals surface area contributed by atoms with E-state index < -0.39 is 0 Å². The van der Waals surface area contributed by atoms with Gasteiger partial charge in [-0.15, -0.1) is 11.3 Å². The predicted octanol–water partition coefficient (Wildman–Crippen LogP) is 1.62. The van der Waals surface area contributed by atoms with Crippen LogP contribution >= 0.6 is 11.3 Å². The SMILES string of the molecule is NCc1nc(C(=O)Cc2ccoc2)cs1. The Labute approximate surface area is 90.7 Å². The van der Waals surface area contributed by atoms with E-state index in [1.165, 1.54) is 11.3 Å². The minimum atomic E-state index is -0.00708. The summed E-state index contributed by atoms with van der Waals surface area (Å²) < 4.78 is 4.89. The van der Waals surface area contributed by atoms with Crippen LogP contribution in [0.25, 0.3) is 0 Å². The van der Waals surface area contributed by atoms with Gasteiger partial charge in [0.15, 0.2) is 5.78 Å². The summed E-state index contributed by atoms with van der Waals surface area (Å²) in [7, 11) is 0. The van der Waals surface area contributed by atoms with E-state index in [2.05, 4.69) is 4.98 Å². The number of nitrogens with two attached hydrogens (primary N) is 1. The minimum Gasteiger partial charge on any atom is -0.472 e. The first-order chi connectivity index (χ1) is 7.29. The summed E-state index contributed by atoms with van der Waals surface area (Å²) in [5, 5.41) is 2.52. The highest BCUT2D eigenvalue weighted by Gasteiger charge is 2.11. The van der Waals surface area contributed by atoms with Crippen LogP contribution in [0.2, 0.25) is 0 Å². The van der Waals surface area contributed by atoms with E-state index in [-0.39, 0.29) is 5.78 Å². The molecule has 78 valence electrons. The molecule has 0 amide bonds. The fourth-order valence-electron chi connectivity index (χ4n) is 1.20. The Morgan fingerprint density at radius 3 is 3.07 bits per heavy atom. The number of hydrogen-bond donors (Lipinski definition) is 1. The third-order valence-corrected chi connectivity index (χ3v) is 2.83. The maximum Gasteiger partial charge on any atom is 0.186 e. The number of Topliss-reactive ketones (excluding diaryl/α,β-unsaturated/α-hetero) is 1. The van der Waals surface area contributed by atoms with E-state index in [1.807, 2.05) is 0 Å². The molecule has 4 nitrogen and oxygen atoms in total. The topological polar surface area (TPSA) is 69.1 Å². The first-order valence-electron chi connectivity index (χ1n) is 4.48. The van der Waals surface area contributed by atoms with Crippen molar-refractivity contribution in [3.8, 4) is 0 Å². The van der Waals surface area contributed by atoms with E-state index in [0.717, 1.165) is 10.6 Å². The van der Waals surface area contributed by atoms with Crippen LogP contribution in [0.3, 0.4) is 0 Å². The molecule has 0 aliphatic heterocycles. The second-order valence-electron chi connectivity index (χ2n) is 3.06. The van der Waals surface area contributed by atoms with Gasteiger partial charge in [0.2, 0.25) is 0 Å². The number of rotatable bonds is 4. The van der Waals surface area contributed by atoms with Gasteiger partial charge >= 0.3 is 0 Å². The fraction of sp³-hybridized carbons (Fsp3) is 0.200. The first-order valence-corrected chi connectivity index (χ1v) is 5.36. The Hall–Kier alpha value is -1.46. The number of thiazole rings is 1. The maximum atomic E-state index is 11.7. The molecule has 2 aromatic heterocycles. The lowest BCUT2D eigenvalue weighted by molar-refractivity contribution is 0.0988. The third-order valence-electron chi connectivity index (χ3n) is 1.96. The average Bonchev–Trinajstić information content (AvgIpc) is 2.86. The van der Waals surface area contributed by atoms with Crippen molar-refractivity contribution in [3.05, 3.63) is 40.2 Å². The van der Waals surface area contributed by atoms with E-state index >= 15 is 0 Å². The van der Waals surface area contributed by atoms with Gasteiger partial charge < -0.3 is 10.2 Å². The lowest BCUT2D eigenvalue weighted by atomic mass is 10.1. The molecule has 5 heteroatoms. The molecule has 2 heterocycles. The van der Waals surface area contributed by atoms with Crippen LogP contribution in [0.5, 0.6) is 0 Å². The van der Waals surface area contributed by atoms with Crippen LogP contribution < -0.4 is 5.73 Å².